The van der Waals surface area contributed by atoms with Gasteiger partial charge in [-0.05, 0) is 25.5 Å². The van der Waals surface area contributed by atoms with Gasteiger partial charge in [0.05, 0.1) is 11.6 Å². The van der Waals surface area contributed by atoms with Gasteiger partial charge in [-0.3, -0.25) is 9.69 Å². The van der Waals surface area contributed by atoms with Crippen molar-refractivity contribution >= 4 is 17.7 Å². The first-order valence-electron chi connectivity index (χ1n) is 6.53. The van der Waals surface area contributed by atoms with Crippen molar-refractivity contribution in [2.75, 3.05) is 18.0 Å². The number of carboxylic acids is 1. The van der Waals surface area contributed by atoms with Crippen LogP contribution < -0.4 is 10.2 Å². The molecule has 1 rings (SSSR count). The molecule has 110 valence electrons. The number of carbonyl (C=O) groups is 2. The molecule has 0 saturated carbocycles. The molecule has 20 heavy (non-hydrogen) atoms. The number of anilines is 1. The maximum atomic E-state index is 13.7. The summed E-state index contributed by atoms with van der Waals surface area (Å²) in [5.41, 5.74) is 0.177. The third-order valence-corrected chi connectivity index (χ3v) is 3.05. The van der Waals surface area contributed by atoms with Gasteiger partial charge in [0, 0.05) is 13.1 Å². The largest absolute Gasteiger partial charge is 0.481 e. The zero-order chi connectivity index (χ0) is 15.1. The number of aliphatic carboxylic acids is 1. The zero-order valence-corrected chi connectivity index (χ0v) is 11.6. The van der Waals surface area contributed by atoms with Crippen molar-refractivity contribution in [1.82, 2.24) is 5.32 Å². The highest BCUT2D eigenvalue weighted by Crippen LogP contribution is 2.18. The molecule has 6 heteroatoms. The number of halogens is 1. The average molecular weight is 282 g/mol. The lowest BCUT2D eigenvalue weighted by Gasteiger charge is -2.22. The first-order chi connectivity index (χ1) is 9.51. The molecule has 0 aliphatic rings. The van der Waals surface area contributed by atoms with Crippen molar-refractivity contribution in [3.05, 3.63) is 30.1 Å². The molecule has 0 bridgehead atoms. The molecule has 0 aliphatic heterocycles. The fraction of sp³-hybridized carbons (Fsp3) is 0.429. The predicted octanol–water partition coefficient (Wildman–Crippen LogP) is 2.47. The molecule has 0 heterocycles. The lowest BCUT2D eigenvalue weighted by atomic mass is 10.1. The van der Waals surface area contributed by atoms with E-state index in [9.17, 15) is 14.0 Å². The van der Waals surface area contributed by atoms with Gasteiger partial charge in [-0.15, -0.1) is 0 Å². The second-order valence-corrected chi connectivity index (χ2v) is 4.33. The first-order valence-corrected chi connectivity index (χ1v) is 6.53. The smallest absolute Gasteiger partial charge is 0.321 e. The Morgan fingerprint density at radius 1 is 1.35 bits per heavy atom. The third kappa shape index (κ3) is 3.94. The van der Waals surface area contributed by atoms with Crippen LogP contribution in [-0.2, 0) is 4.79 Å². The van der Waals surface area contributed by atoms with E-state index in [1.54, 1.807) is 26.0 Å². The van der Waals surface area contributed by atoms with Crippen molar-refractivity contribution in [1.29, 1.82) is 0 Å². The number of amides is 2. The van der Waals surface area contributed by atoms with Gasteiger partial charge >= 0.3 is 12.0 Å². The Hall–Kier alpha value is -2.11. The fourth-order valence-corrected chi connectivity index (χ4v) is 1.81. The molecule has 2 N–H and O–H groups in total. The molecular formula is C14H19FN2O3. The molecule has 2 amide bonds. The number of hydrogen-bond donors (Lipinski definition) is 2. The van der Waals surface area contributed by atoms with Crippen molar-refractivity contribution in [3.63, 3.8) is 0 Å². The summed E-state index contributed by atoms with van der Waals surface area (Å²) in [6.45, 7) is 3.77. The highest BCUT2D eigenvalue weighted by Gasteiger charge is 2.20. The second-order valence-electron chi connectivity index (χ2n) is 4.33. The number of carbonyl (C=O) groups excluding carboxylic acids is 1. The van der Waals surface area contributed by atoms with Gasteiger partial charge in [0.25, 0.3) is 0 Å². The molecule has 1 aromatic carbocycles. The van der Waals surface area contributed by atoms with Gasteiger partial charge in [-0.25, -0.2) is 9.18 Å². The van der Waals surface area contributed by atoms with Crippen molar-refractivity contribution in [2.24, 2.45) is 5.92 Å². The summed E-state index contributed by atoms with van der Waals surface area (Å²) in [4.78, 5) is 24.1. The SMILES string of the molecule is CCC(CNC(=O)N(CC)c1ccccc1F)C(=O)O. The highest BCUT2D eigenvalue weighted by molar-refractivity contribution is 5.92. The zero-order valence-electron chi connectivity index (χ0n) is 11.6. The van der Waals surface area contributed by atoms with E-state index in [0.29, 0.717) is 6.42 Å². The molecule has 1 aromatic rings. The molecule has 0 radical (unpaired) electrons. The number of nitrogens with zero attached hydrogens (tertiary/aromatic N) is 1. The van der Waals surface area contributed by atoms with Crippen molar-refractivity contribution in [3.8, 4) is 0 Å². The Labute approximate surface area is 117 Å². The summed E-state index contributed by atoms with van der Waals surface area (Å²) in [6, 6.07) is 5.46. The Morgan fingerprint density at radius 3 is 2.50 bits per heavy atom. The van der Waals surface area contributed by atoms with E-state index in [1.807, 2.05) is 0 Å². The van der Waals surface area contributed by atoms with Crippen LogP contribution in [0.3, 0.4) is 0 Å². The topological polar surface area (TPSA) is 69.6 Å². The maximum absolute atomic E-state index is 13.7. The van der Waals surface area contributed by atoms with E-state index >= 15 is 0 Å². The van der Waals surface area contributed by atoms with Gasteiger partial charge in [0.15, 0.2) is 0 Å². The summed E-state index contributed by atoms with van der Waals surface area (Å²) in [5.74, 6) is -2.09. The van der Waals surface area contributed by atoms with E-state index in [4.69, 9.17) is 5.11 Å². The third-order valence-electron chi connectivity index (χ3n) is 3.05. The minimum atomic E-state index is -0.957. The van der Waals surface area contributed by atoms with Crippen LogP contribution in [0.2, 0.25) is 0 Å². The summed E-state index contributed by atoms with van der Waals surface area (Å²) < 4.78 is 13.7. The number of rotatable bonds is 6. The second kappa shape index (κ2) is 7.47. The normalized spacial score (nSPS) is 11.8. The quantitative estimate of drug-likeness (QED) is 0.842. The molecule has 5 nitrogen and oxygen atoms in total. The van der Waals surface area contributed by atoms with Crippen LogP contribution >= 0.6 is 0 Å². The lowest BCUT2D eigenvalue weighted by Crippen LogP contribution is -2.43. The molecule has 0 spiro atoms. The predicted molar refractivity (Wildman–Crippen MR) is 74.2 cm³/mol. The lowest BCUT2D eigenvalue weighted by molar-refractivity contribution is -0.141. The Balaban J connectivity index is 2.74. The minimum absolute atomic E-state index is 0.0234. The van der Waals surface area contributed by atoms with Crippen LogP contribution in [0.25, 0.3) is 0 Å². The van der Waals surface area contributed by atoms with Crippen LogP contribution in [0.4, 0.5) is 14.9 Å². The molecule has 1 atom stereocenters. The number of para-hydroxylation sites is 1. The van der Waals surface area contributed by atoms with Gasteiger partial charge in [0.2, 0.25) is 0 Å². The van der Waals surface area contributed by atoms with Crippen LogP contribution in [0.1, 0.15) is 20.3 Å². The van der Waals surface area contributed by atoms with E-state index in [2.05, 4.69) is 5.32 Å². The van der Waals surface area contributed by atoms with Gasteiger partial charge in [-0.1, -0.05) is 19.1 Å². The molecule has 0 fully saturated rings. The van der Waals surface area contributed by atoms with Gasteiger partial charge < -0.3 is 10.4 Å². The number of hydrogen-bond acceptors (Lipinski definition) is 2. The van der Waals surface area contributed by atoms with Crippen molar-refractivity contribution < 1.29 is 19.1 Å². The minimum Gasteiger partial charge on any atom is -0.481 e. The average Bonchev–Trinajstić information content (AvgIpc) is 2.42. The highest BCUT2D eigenvalue weighted by atomic mass is 19.1. The Bertz CT molecular complexity index is 479. The Kier molecular flexibility index (Phi) is 5.96. The van der Waals surface area contributed by atoms with E-state index in [0.717, 1.165) is 0 Å². The van der Waals surface area contributed by atoms with E-state index < -0.39 is 23.7 Å². The molecule has 1 unspecified atom stereocenters. The summed E-state index contributed by atoms with van der Waals surface area (Å²) in [6.07, 6.45) is 0.418. The first kappa shape index (κ1) is 15.9. The number of carboxylic acid groups (broad SMARTS) is 1. The van der Waals surface area contributed by atoms with E-state index in [1.165, 1.54) is 17.0 Å². The van der Waals surface area contributed by atoms with Gasteiger partial charge in [0.1, 0.15) is 5.82 Å². The monoisotopic (exact) mass is 282 g/mol. The van der Waals surface area contributed by atoms with Gasteiger partial charge in [-0.2, -0.15) is 0 Å². The molecular weight excluding hydrogens is 263 g/mol. The molecule has 0 saturated heterocycles. The van der Waals surface area contributed by atoms with Crippen LogP contribution in [0.15, 0.2) is 24.3 Å². The van der Waals surface area contributed by atoms with Crippen molar-refractivity contribution in [2.45, 2.75) is 20.3 Å². The number of benzene rings is 1. The van der Waals surface area contributed by atoms with Crippen LogP contribution in [-0.4, -0.2) is 30.2 Å². The van der Waals surface area contributed by atoms with E-state index in [-0.39, 0.29) is 18.8 Å². The summed E-state index contributed by atoms with van der Waals surface area (Å²) in [7, 11) is 0. The summed E-state index contributed by atoms with van der Waals surface area (Å²) >= 11 is 0. The summed E-state index contributed by atoms with van der Waals surface area (Å²) in [5, 5.41) is 11.4. The fourth-order valence-electron chi connectivity index (χ4n) is 1.81. The standard InChI is InChI=1S/C14H19FN2O3/c1-3-10(13(18)19)9-16-14(20)17(4-2)12-8-6-5-7-11(12)15/h5-8,10H,3-4,9H2,1-2H3,(H,16,20)(H,18,19). The van der Waals surface area contributed by atoms with Crippen LogP contribution in [0.5, 0.6) is 0 Å². The maximum Gasteiger partial charge on any atom is 0.321 e. The van der Waals surface area contributed by atoms with Crippen LogP contribution in [0, 0.1) is 11.7 Å². The number of urea groups is 1. The molecule has 0 aromatic heterocycles. The Morgan fingerprint density at radius 2 is 2.00 bits per heavy atom. The molecule has 0 aliphatic carbocycles. The number of nitrogens with one attached hydrogen (secondary N) is 1.